The van der Waals surface area contributed by atoms with Gasteiger partial charge in [0.2, 0.25) is 0 Å². The van der Waals surface area contributed by atoms with E-state index in [-0.39, 0.29) is 28.8 Å². The zero-order chi connectivity index (χ0) is 23.8. The molecule has 3 atom stereocenters. The summed E-state index contributed by atoms with van der Waals surface area (Å²) in [6.45, 7) is 0. The number of nitrogens with zero attached hydrogens (tertiary/aromatic N) is 4. The third kappa shape index (κ3) is 4.36. The van der Waals surface area contributed by atoms with E-state index in [1.807, 2.05) is 10.6 Å². The van der Waals surface area contributed by atoms with E-state index in [0.717, 1.165) is 16.9 Å². The number of nitrogens with one attached hydrogen (secondary N) is 2. The number of carbonyl (C=O) groups excluding carboxylic acids is 1. The largest absolute Gasteiger partial charge is 0.393 e. The minimum atomic E-state index is -0.652. The van der Waals surface area contributed by atoms with Gasteiger partial charge in [-0.25, -0.2) is 19.3 Å². The van der Waals surface area contributed by atoms with E-state index >= 15 is 0 Å². The van der Waals surface area contributed by atoms with Crippen LogP contribution < -0.4 is 10.6 Å². The van der Waals surface area contributed by atoms with Crippen LogP contribution in [0.15, 0.2) is 42.7 Å². The van der Waals surface area contributed by atoms with Crippen LogP contribution >= 0.6 is 22.9 Å². The molecule has 34 heavy (non-hydrogen) atoms. The number of amides is 1. The SMILES string of the molecule is CNc1cc2c(cn1)nc(-c1ccccc1F)n2C1C[C@@H](O)C[C@H](NC(=O)c2ncc(Cl)s2)C1. The Morgan fingerprint density at radius 2 is 2.06 bits per heavy atom. The van der Waals surface area contributed by atoms with Crippen molar-refractivity contribution in [1.29, 1.82) is 0 Å². The van der Waals surface area contributed by atoms with Crippen LogP contribution in [0.5, 0.6) is 0 Å². The molecule has 5 rings (SSSR count). The van der Waals surface area contributed by atoms with Gasteiger partial charge in [-0.2, -0.15) is 0 Å². The number of aliphatic hydroxyl groups is 1. The maximum absolute atomic E-state index is 14.8. The third-order valence-corrected chi connectivity index (χ3v) is 7.09. The predicted octanol–water partition coefficient (Wildman–Crippen LogP) is 4.27. The molecule has 3 heterocycles. The molecule has 8 nitrogen and oxygen atoms in total. The number of aromatic nitrogens is 4. The van der Waals surface area contributed by atoms with E-state index in [4.69, 9.17) is 16.6 Å². The van der Waals surface area contributed by atoms with Gasteiger partial charge < -0.3 is 20.3 Å². The van der Waals surface area contributed by atoms with Gasteiger partial charge in [0.15, 0.2) is 5.01 Å². The number of hydrogen-bond acceptors (Lipinski definition) is 7. The first-order valence-corrected chi connectivity index (χ1v) is 12.0. The van der Waals surface area contributed by atoms with Gasteiger partial charge in [-0.15, -0.1) is 0 Å². The Labute approximate surface area is 203 Å². The van der Waals surface area contributed by atoms with Crippen molar-refractivity contribution < 1.29 is 14.3 Å². The van der Waals surface area contributed by atoms with Crippen molar-refractivity contribution in [1.82, 2.24) is 24.8 Å². The molecule has 0 spiro atoms. The highest BCUT2D eigenvalue weighted by molar-refractivity contribution is 7.17. The maximum atomic E-state index is 14.8. The summed E-state index contributed by atoms with van der Waals surface area (Å²) < 4.78 is 17.2. The fraction of sp³-hybridized carbons (Fsp3) is 0.304. The Kier molecular flexibility index (Phi) is 6.20. The van der Waals surface area contributed by atoms with Gasteiger partial charge in [0.05, 0.1) is 29.6 Å². The van der Waals surface area contributed by atoms with Gasteiger partial charge in [-0.1, -0.05) is 35.1 Å². The molecular formula is C23H22ClFN6O2S. The van der Waals surface area contributed by atoms with Crippen molar-refractivity contribution in [3.05, 3.63) is 57.9 Å². The van der Waals surface area contributed by atoms with Crippen LogP contribution in [-0.2, 0) is 0 Å². The number of carbonyl (C=O) groups is 1. The van der Waals surface area contributed by atoms with E-state index in [1.54, 1.807) is 31.4 Å². The number of rotatable bonds is 5. The molecule has 3 aromatic heterocycles. The molecule has 1 aliphatic carbocycles. The molecule has 1 unspecified atom stereocenters. The topological polar surface area (TPSA) is 105 Å². The fourth-order valence-electron chi connectivity index (χ4n) is 4.53. The number of thiazole rings is 1. The van der Waals surface area contributed by atoms with Crippen LogP contribution in [0.2, 0.25) is 4.34 Å². The molecule has 11 heteroatoms. The lowest BCUT2D eigenvalue weighted by atomic mass is 9.88. The average molecular weight is 501 g/mol. The molecule has 3 N–H and O–H groups in total. The number of halogens is 2. The second kappa shape index (κ2) is 9.28. The lowest BCUT2D eigenvalue weighted by Gasteiger charge is -2.34. The monoisotopic (exact) mass is 500 g/mol. The van der Waals surface area contributed by atoms with E-state index < -0.39 is 6.10 Å². The van der Waals surface area contributed by atoms with E-state index in [1.165, 1.54) is 12.3 Å². The molecule has 1 aliphatic rings. The molecule has 1 aromatic carbocycles. The Bertz CT molecular complexity index is 1360. The Hall–Kier alpha value is -3.08. The summed E-state index contributed by atoms with van der Waals surface area (Å²) in [7, 11) is 1.77. The molecule has 1 amide bonds. The quantitative estimate of drug-likeness (QED) is 0.378. The van der Waals surface area contributed by atoms with Crippen LogP contribution in [-0.4, -0.2) is 49.7 Å². The van der Waals surface area contributed by atoms with Crippen LogP contribution in [0.4, 0.5) is 10.2 Å². The summed E-state index contributed by atoms with van der Waals surface area (Å²) in [6, 6.07) is 7.79. The highest BCUT2D eigenvalue weighted by atomic mass is 35.5. The van der Waals surface area contributed by atoms with Crippen LogP contribution in [0, 0.1) is 5.82 Å². The number of pyridine rings is 1. The second-order valence-corrected chi connectivity index (χ2v) is 9.91. The summed E-state index contributed by atoms with van der Waals surface area (Å²) in [5.41, 5.74) is 1.76. The summed E-state index contributed by atoms with van der Waals surface area (Å²) >= 11 is 7.01. The van der Waals surface area contributed by atoms with Crippen molar-refractivity contribution in [2.45, 2.75) is 37.5 Å². The molecule has 0 bridgehead atoms. The Morgan fingerprint density at radius 1 is 1.24 bits per heavy atom. The number of fused-ring (bicyclic) bond motifs is 1. The molecular weight excluding hydrogens is 479 g/mol. The van der Waals surface area contributed by atoms with Gasteiger partial charge in [-0.05, 0) is 31.4 Å². The summed E-state index contributed by atoms with van der Waals surface area (Å²) in [5, 5.41) is 17.0. The summed E-state index contributed by atoms with van der Waals surface area (Å²) in [4.78, 5) is 25.7. The highest BCUT2D eigenvalue weighted by Gasteiger charge is 2.33. The summed E-state index contributed by atoms with van der Waals surface area (Å²) in [6.07, 6.45) is 3.82. The van der Waals surface area contributed by atoms with Gasteiger partial charge in [0.25, 0.3) is 5.91 Å². The molecule has 4 aromatic rings. The number of hydrogen-bond donors (Lipinski definition) is 3. The first kappa shape index (κ1) is 22.7. The third-order valence-electron chi connectivity index (χ3n) is 5.98. The minimum Gasteiger partial charge on any atom is -0.393 e. The normalized spacial score (nSPS) is 20.4. The molecule has 1 saturated carbocycles. The van der Waals surface area contributed by atoms with E-state index in [0.29, 0.717) is 46.3 Å². The average Bonchev–Trinajstić information content (AvgIpc) is 3.42. The number of aliphatic hydroxyl groups excluding tert-OH is 1. The Morgan fingerprint density at radius 3 is 2.79 bits per heavy atom. The second-order valence-electron chi connectivity index (χ2n) is 8.25. The lowest BCUT2D eigenvalue weighted by molar-refractivity contribution is 0.0747. The minimum absolute atomic E-state index is 0.236. The number of imidazole rings is 1. The van der Waals surface area contributed by atoms with Crippen molar-refractivity contribution in [2.75, 3.05) is 12.4 Å². The molecule has 0 aliphatic heterocycles. The molecule has 1 fully saturated rings. The number of benzene rings is 1. The molecule has 176 valence electrons. The number of anilines is 1. The zero-order valence-electron chi connectivity index (χ0n) is 18.2. The molecule has 0 saturated heterocycles. The van der Waals surface area contributed by atoms with Gasteiger partial charge in [0.1, 0.15) is 27.3 Å². The van der Waals surface area contributed by atoms with Gasteiger partial charge >= 0.3 is 0 Å². The molecule has 0 radical (unpaired) electrons. The van der Waals surface area contributed by atoms with Crippen LogP contribution in [0.3, 0.4) is 0 Å². The van der Waals surface area contributed by atoms with Crippen molar-refractivity contribution in [3.63, 3.8) is 0 Å². The van der Waals surface area contributed by atoms with Crippen molar-refractivity contribution >= 4 is 45.7 Å². The Balaban J connectivity index is 1.54. The standard InChI is InChI=1S/C23H22ClFN6O2S/c1-26-20-9-18-17(10-27-20)30-21(15-4-2-3-5-16(15)25)31(18)13-6-12(7-14(32)8-13)29-22(33)23-28-11-19(24)34-23/h2-5,9-14,32H,6-8H2,1H3,(H,26,27)(H,29,33)/t12-,13?,14+/m1/s1. The van der Waals surface area contributed by atoms with Gasteiger partial charge in [-0.3, -0.25) is 4.79 Å². The van der Waals surface area contributed by atoms with Crippen LogP contribution in [0.25, 0.3) is 22.4 Å². The van der Waals surface area contributed by atoms with Crippen molar-refractivity contribution in [3.8, 4) is 11.4 Å². The first-order chi connectivity index (χ1) is 16.4. The fourth-order valence-corrected chi connectivity index (χ4v) is 5.35. The summed E-state index contributed by atoms with van der Waals surface area (Å²) in [5.74, 6) is 0.388. The van der Waals surface area contributed by atoms with E-state index in [2.05, 4.69) is 20.6 Å². The lowest BCUT2D eigenvalue weighted by Crippen LogP contribution is -2.43. The van der Waals surface area contributed by atoms with Crippen LogP contribution in [0.1, 0.15) is 35.1 Å². The van der Waals surface area contributed by atoms with Gasteiger partial charge in [0, 0.05) is 25.2 Å². The zero-order valence-corrected chi connectivity index (χ0v) is 19.8. The first-order valence-electron chi connectivity index (χ1n) is 10.8. The smallest absolute Gasteiger partial charge is 0.280 e. The van der Waals surface area contributed by atoms with E-state index in [9.17, 15) is 14.3 Å². The highest BCUT2D eigenvalue weighted by Crippen LogP contribution is 2.37. The maximum Gasteiger partial charge on any atom is 0.280 e. The van der Waals surface area contributed by atoms with Crippen molar-refractivity contribution in [2.24, 2.45) is 0 Å². The predicted molar refractivity (Wildman–Crippen MR) is 130 cm³/mol.